The van der Waals surface area contributed by atoms with E-state index in [0.717, 1.165) is 16.7 Å². The van der Waals surface area contributed by atoms with E-state index in [2.05, 4.69) is 15.5 Å². The number of nitrogens with zero attached hydrogens (tertiary/aromatic N) is 2. The quantitative estimate of drug-likeness (QED) is 0.796. The van der Waals surface area contributed by atoms with Crippen LogP contribution in [0.5, 0.6) is 0 Å². The zero-order chi connectivity index (χ0) is 16.4. The molecule has 1 heterocycles. The summed E-state index contributed by atoms with van der Waals surface area (Å²) in [7, 11) is 0. The lowest BCUT2D eigenvalue weighted by Gasteiger charge is -2.08. The number of anilines is 1. The highest BCUT2D eigenvalue weighted by Crippen LogP contribution is 2.22. The van der Waals surface area contributed by atoms with Crippen LogP contribution in [0.25, 0.3) is 11.5 Å². The van der Waals surface area contributed by atoms with Crippen LogP contribution in [0.3, 0.4) is 0 Å². The third-order valence-electron chi connectivity index (χ3n) is 3.66. The summed E-state index contributed by atoms with van der Waals surface area (Å²) in [5.74, 6) is 0.793. The highest BCUT2D eigenvalue weighted by atomic mass is 16.4. The molecule has 3 rings (SSSR count). The molecule has 5 nitrogen and oxygen atoms in total. The Bertz CT molecular complexity index is 868. The van der Waals surface area contributed by atoms with Crippen LogP contribution >= 0.6 is 0 Å². The number of hydrogen-bond acceptors (Lipinski definition) is 4. The number of carbonyl (C=O) groups is 1. The molecule has 0 spiro atoms. The molecule has 0 saturated heterocycles. The largest absolute Gasteiger partial charge is 0.421 e. The van der Waals surface area contributed by atoms with E-state index in [4.69, 9.17) is 4.42 Å². The van der Waals surface area contributed by atoms with Gasteiger partial charge in [-0.25, -0.2) is 0 Å². The summed E-state index contributed by atoms with van der Waals surface area (Å²) in [6, 6.07) is 13.0. The van der Waals surface area contributed by atoms with E-state index in [1.165, 1.54) is 0 Å². The van der Waals surface area contributed by atoms with Gasteiger partial charge in [0.2, 0.25) is 11.8 Å². The molecule has 0 bridgehead atoms. The van der Waals surface area contributed by atoms with Crippen molar-refractivity contribution >= 4 is 11.6 Å². The molecule has 3 aromatic rings. The fourth-order valence-electron chi connectivity index (χ4n) is 2.23. The van der Waals surface area contributed by atoms with E-state index >= 15 is 0 Å². The third kappa shape index (κ3) is 3.29. The molecule has 0 atom stereocenters. The summed E-state index contributed by atoms with van der Waals surface area (Å²) < 4.78 is 5.41. The molecule has 1 N–H and O–H groups in total. The Balaban J connectivity index is 1.82. The van der Waals surface area contributed by atoms with Crippen molar-refractivity contribution in [1.82, 2.24) is 10.2 Å². The molecule has 116 valence electrons. The predicted molar refractivity (Wildman–Crippen MR) is 88.3 cm³/mol. The van der Waals surface area contributed by atoms with Gasteiger partial charge in [0.1, 0.15) is 0 Å². The first-order valence-corrected chi connectivity index (χ1v) is 7.32. The van der Waals surface area contributed by atoms with Crippen molar-refractivity contribution in [2.24, 2.45) is 0 Å². The van der Waals surface area contributed by atoms with Gasteiger partial charge in [-0.1, -0.05) is 12.1 Å². The monoisotopic (exact) mass is 307 g/mol. The average Bonchev–Trinajstić information content (AvgIpc) is 2.97. The maximum absolute atomic E-state index is 12.4. The average molecular weight is 307 g/mol. The lowest BCUT2D eigenvalue weighted by atomic mass is 10.1. The molecule has 0 aliphatic heterocycles. The van der Waals surface area contributed by atoms with Gasteiger partial charge < -0.3 is 9.73 Å². The number of aryl methyl sites for hydroxylation is 3. The van der Waals surface area contributed by atoms with Gasteiger partial charge in [0.05, 0.1) is 0 Å². The number of amides is 1. The van der Waals surface area contributed by atoms with Gasteiger partial charge in [0.15, 0.2) is 0 Å². The second-order valence-electron chi connectivity index (χ2n) is 5.46. The van der Waals surface area contributed by atoms with Crippen LogP contribution in [-0.4, -0.2) is 16.1 Å². The molecule has 0 aliphatic carbocycles. The lowest BCUT2D eigenvalue weighted by Crippen LogP contribution is -2.12. The zero-order valence-corrected chi connectivity index (χ0v) is 13.3. The Hall–Kier alpha value is -2.95. The van der Waals surface area contributed by atoms with E-state index in [9.17, 15) is 4.79 Å². The molecule has 0 saturated carbocycles. The van der Waals surface area contributed by atoms with E-state index < -0.39 is 0 Å². The first-order valence-electron chi connectivity index (χ1n) is 7.32. The van der Waals surface area contributed by atoms with Crippen LogP contribution in [0.2, 0.25) is 0 Å². The molecule has 5 heteroatoms. The van der Waals surface area contributed by atoms with Gasteiger partial charge in [0.25, 0.3) is 5.91 Å². The fraction of sp³-hybridized carbons (Fsp3) is 0.167. The predicted octanol–water partition coefficient (Wildman–Crippen LogP) is 3.91. The number of rotatable bonds is 3. The minimum atomic E-state index is -0.146. The molecular weight excluding hydrogens is 290 g/mol. The number of aromatic nitrogens is 2. The number of carbonyl (C=O) groups excluding carboxylic acids is 1. The molecule has 23 heavy (non-hydrogen) atoms. The molecular formula is C18H17N3O2. The molecule has 0 radical (unpaired) electrons. The van der Waals surface area contributed by atoms with Gasteiger partial charge in [-0.05, 0) is 55.3 Å². The van der Waals surface area contributed by atoms with Gasteiger partial charge in [-0.2, -0.15) is 0 Å². The lowest BCUT2D eigenvalue weighted by molar-refractivity contribution is 0.102. The number of benzene rings is 2. The van der Waals surface area contributed by atoms with Crippen LogP contribution in [0.4, 0.5) is 5.69 Å². The topological polar surface area (TPSA) is 68.0 Å². The van der Waals surface area contributed by atoms with Crippen molar-refractivity contribution in [2.45, 2.75) is 20.8 Å². The highest BCUT2D eigenvalue weighted by Gasteiger charge is 2.10. The Kier molecular flexibility index (Phi) is 3.93. The summed E-state index contributed by atoms with van der Waals surface area (Å²) in [5.41, 5.74) is 4.33. The number of hydrogen-bond donors (Lipinski definition) is 1. The van der Waals surface area contributed by atoms with Crippen LogP contribution < -0.4 is 5.32 Å². The van der Waals surface area contributed by atoms with Crippen LogP contribution in [0.1, 0.15) is 27.4 Å². The third-order valence-corrected chi connectivity index (χ3v) is 3.66. The van der Waals surface area contributed by atoms with Gasteiger partial charge >= 0.3 is 0 Å². The molecule has 2 aromatic carbocycles. The molecule has 0 aliphatic rings. The fourth-order valence-corrected chi connectivity index (χ4v) is 2.23. The van der Waals surface area contributed by atoms with E-state index in [1.807, 2.05) is 56.3 Å². The Morgan fingerprint density at radius 1 is 1.00 bits per heavy atom. The van der Waals surface area contributed by atoms with Crippen molar-refractivity contribution in [3.63, 3.8) is 0 Å². The molecule has 1 aromatic heterocycles. The second-order valence-corrected chi connectivity index (χ2v) is 5.46. The Morgan fingerprint density at radius 3 is 2.52 bits per heavy atom. The first-order chi connectivity index (χ1) is 11.0. The Labute approximate surface area is 134 Å². The number of nitrogens with one attached hydrogen (secondary N) is 1. The minimum absolute atomic E-state index is 0.146. The van der Waals surface area contributed by atoms with Gasteiger partial charge in [-0.3, -0.25) is 4.79 Å². The van der Waals surface area contributed by atoms with E-state index in [1.54, 1.807) is 6.92 Å². The van der Waals surface area contributed by atoms with Crippen LogP contribution in [0, 0.1) is 20.8 Å². The summed E-state index contributed by atoms with van der Waals surface area (Å²) >= 11 is 0. The smallest absolute Gasteiger partial charge is 0.255 e. The maximum atomic E-state index is 12.4. The van der Waals surface area contributed by atoms with Crippen molar-refractivity contribution in [2.75, 3.05) is 5.32 Å². The van der Waals surface area contributed by atoms with Crippen LogP contribution in [-0.2, 0) is 0 Å². The summed E-state index contributed by atoms with van der Waals surface area (Å²) in [5, 5.41) is 10.7. The van der Waals surface area contributed by atoms with Gasteiger partial charge in [-0.15, -0.1) is 10.2 Å². The second kappa shape index (κ2) is 6.04. The normalized spacial score (nSPS) is 10.6. The summed E-state index contributed by atoms with van der Waals surface area (Å²) in [6.07, 6.45) is 0. The SMILES string of the molecule is Cc1nnc(-c2cccc(NC(=O)c3ccc(C)c(C)c3)c2)o1. The minimum Gasteiger partial charge on any atom is -0.421 e. The maximum Gasteiger partial charge on any atom is 0.255 e. The van der Waals surface area contributed by atoms with Gasteiger partial charge in [0, 0.05) is 23.7 Å². The van der Waals surface area contributed by atoms with Crippen molar-refractivity contribution in [3.05, 3.63) is 65.0 Å². The molecule has 1 amide bonds. The summed E-state index contributed by atoms with van der Waals surface area (Å²) in [6.45, 7) is 5.75. The van der Waals surface area contributed by atoms with E-state index in [-0.39, 0.29) is 5.91 Å². The van der Waals surface area contributed by atoms with Crippen molar-refractivity contribution in [1.29, 1.82) is 0 Å². The zero-order valence-electron chi connectivity index (χ0n) is 13.3. The van der Waals surface area contributed by atoms with Crippen molar-refractivity contribution < 1.29 is 9.21 Å². The highest BCUT2D eigenvalue weighted by molar-refractivity contribution is 6.04. The van der Waals surface area contributed by atoms with E-state index in [0.29, 0.717) is 23.0 Å². The Morgan fingerprint density at radius 2 is 1.83 bits per heavy atom. The standard InChI is InChI=1S/C18H17N3O2/c1-11-7-8-14(9-12(11)2)17(22)19-16-6-4-5-15(10-16)18-21-20-13(3)23-18/h4-10H,1-3H3,(H,19,22). The van der Waals surface area contributed by atoms with Crippen LogP contribution in [0.15, 0.2) is 46.9 Å². The summed E-state index contributed by atoms with van der Waals surface area (Å²) in [4.78, 5) is 12.4. The van der Waals surface area contributed by atoms with Crippen molar-refractivity contribution in [3.8, 4) is 11.5 Å². The molecule has 0 unspecified atom stereocenters. The first kappa shape index (κ1) is 15.0. The molecule has 0 fully saturated rings.